The van der Waals surface area contributed by atoms with Gasteiger partial charge in [0, 0.05) is 25.3 Å². The van der Waals surface area contributed by atoms with Gasteiger partial charge in [0.1, 0.15) is 0 Å². The van der Waals surface area contributed by atoms with Crippen molar-refractivity contribution in [2.24, 2.45) is 5.73 Å². The summed E-state index contributed by atoms with van der Waals surface area (Å²) in [5.74, 6) is 0. The Labute approximate surface area is 82.7 Å². The lowest BCUT2D eigenvalue weighted by atomic mass is 10.3. The van der Waals surface area contributed by atoms with E-state index in [1.54, 1.807) is 0 Å². The molecule has 1 rings (SSSR count). The van der Waals surface area contributed by atoms with Gasteiger partial charge in [0.05, 0.1) is 14.2 Å². The Balaban J connectivity index is 2.67. The number of rotatable bonds is 2. The van der Waals surface area contributed by atoms with Gasteiger partial charge in [-0.2, -0.15) is 0 Å². The van der Waals surface area contributed by atoms with Gasteiger partial charge >= 0.3 is 0 Å². The maximum Gasteiger partial charge on any atom is 0.0655 e. The number of hydrogen-bond donors (Lipinski definition) is 2. The standard InChI is InChI=1S/C9H23N3Si/c1-8(10)12-6-5-11-7-9(12)13(2,3)4/h8-9,11H,5-7,10H2,1-4H3. The van der Waals surface area contributed by atoms with Gasteiger partial charge in [-0.05, 0) is 6.92 Å². The van der Waals surface area contributed by atoms with Gasteiger partial charge in [-0.15, -0.1) is 0 Å². The predicted octanol–water partition coefficient (Wildman–Crippen LogP) is 0.442. The number of nitrogens with two attached hydrogens (primary N) is 1. The zero-order chi connectivity index (χ0) is 10.1. The number of nitrogens with one attached hydrogen (secondary N) is 1. The van der Waals surface area contributed by atoms with Gasteiger partial charge < -0.3 is 11.1 Å². The fourth-order valence-electron chi connectivity index (χ4n) is 2.01. The molecule has 0 aromatic rings. The largest absolute Gasteiger partial charge is 0.316 e. The van der Waals surface area contributed by atoms with Crippen LogP contribution < -0.4 is 11.1 Å². The summed E-state index contributed by atoms with van der Waals surface area (Å²) in [5.41, 5.74) is 6.67. The Bertz CT molecular complexity index is 165. The van der Waals surface area contributed by atoms with Gasteiger partial charge in [0.2, 0.25) is 0 Å². The molecule has 2 unspecified atom stereocenters. The summed E-state index contributed by atoms with van der Waals surface area (Å²) in [7, 11) is -1.10. The van der Waals surface area contributed by atoms with E-state index < -0.39 is 8.07 Å². The van der Waals surface area contributed by atoms with Crippen LogP contribution in [-0.4, -0.2) is 44.4 Å². The van der Waals surface area contributed by atoms with Crippen molar-refractivity contribution < 1.29 is 0 Å². The molecule has 78 valence electrons. The summed E-state index contributed by atoms with van der Waals surface area (Å²) in [6.45, 7) is 12.7. The third kappa shape index (κ3) is 2.77. The molecular weight excluding hydrogens is 178 g/mol. The highest BCUT2D eigenvalue weighted by atomic mass is 28.3. The molecule has 3 N–H and O–H groups in total. The summed E-state index contributed by atoms with van der Waals surface area (Å²) in [4.78, 5) is 2.46. The molecular formula is C9H23N3Si. The molecule has 3 nitrogen and oxygen atoms in total. The molecule has 0 radical (unpaired) electrons. The van der Waals surface area contributed by atoms with Gasteiger partial charge in [0.25, 0.3) is 0 Å². The minimum atomic E-state index is -1.10. The maximum absolute atomic E-state index is 5.97. The van der Waals surface area contributed by atoms with Crippen molar-refractivity contribution in [3.05, 3.63) is 0 Å². The highest BCUT2D eigenvalue weighted by Crippen LogP contribution is 2.17. The Hall–Kier alpha value is 0.0969. The quantitative estimate of drug-likeness (QED) is 0.637. The average Bonchev–Trinajstić information content (AvgIpc) is 2.03. The summed E-state index contributed by atoms with van der Waals surface area (Å²) in [6, 6.07) is 0. The van der Waals surface area contributed by atoms with Crippen molar-refractivity contribution >= 4 is 8.07 Å². The molecule has 0 bridgehead atoms. The van der Waals surface area contributed by atoms with Crippen molar-refractivity contribution in [2.75, 3.05) is 19.6 Å². The van der Waals surface area contributed by atoms with Crippen molar-refractivity contribution in [2.45, 2.75) is 38.4 Å². The van der Waals surface area contributed by atoms with E-state index in [9.17, 15) is 0 Å². The van der Waals surface area contributed by atoms with Crippen LogP contribution in [0.3, 0.4) is 0 Å². The fraction of sp³-hybridized carbons (Fsp3) is 1.00. The van der Waals surface area contributed by atoms with E-state index in [2.05, 4.69) is 36.8 Å². The lowest BCUT2D eigenvalue weighted by Gasteiger charge is -2.44. The Morgan fingerprint density at radius 2 is 2.08 bits per heavy atom. The molecule has 0 aliphatic carbocycles. The first-order valence-electron chi connectivity index (χ1n) is 5.15. The van der Waals surface area contributed by atoms with E-state index in [1.807, 2.05) is 0 Å². The van der Waals surface area contributed by atoms with E-state index in [0.29, 0.717) is 5.67 Å². The lowest BCUT2D eigenvalue weighted by molar-refractivity contribution is 0.157. The van der Waals surface area contributed by atoms with Crippen LogP contribution in [0, 0.1) is 0 Å². The highest BCUT2D eigenvalue weighted by Gasteiger charge is 2.34. The molecule has 13 heavy (non-hydrogen) atoms. The zero-order valence-electron chi connectivity index (χ0n) is 9.30. The lowest BCUT2D eigenvalue weighted by Crippen LogP contribution is -2.64. The zero-order valence-corrected chi connectivity index (χ0v) is 10.3. The minimum absolute atomic E-state index is 0.207. The van der Waals surface area contributed by atoms with Crippen LogP contribution in [0.15, 0.2) is 0 Å². The molecule has 0 amide bonds. The van der Waals surface area contributed by atoms with Crippen LogP contribution in [0.4, 0.5) is 0 Å². The molecule has 1 fully saturated rings. The molecule has 0 aromatic carbocycles. The highest BCUT2D eigenvalue weighted by molar-refractivity contribution is 6.77. The van der Waals surface area contributed by atoms with Crippen LogP contribution in [0.25, 0.3) is 0 Å². The first-order chi connectivity index (χ1) is 5.93. The topological polar surface area (TPSA) is 41.3 Å². The molecule has 0 saturated carbocycles. The molecule has 1 heterocycles. The minimum Gasteiger partial charge on any atom is -0.316 e. The number of hydrogen-bond acceptors (Lipinski definition) is 3. The molecule has 1 saturated heterocycles. The van der Waals surface area contributed by atoms with Crippen LogP contribution in [0.5, 0.6) is 0 Å². The predicted molar refractivity (Wildman–Crippen MR) is 60.4 cm³/mol. The second kappa shape index (κ2) is 4.08. The molecule has 0 spiro atoms. The molecule has 4 heteroatoms. The normalized spacial score (nSPS) is 28.8. The van der Waals surface area contributed by atoms with E-state index in [0.717, 1.165) is 19.6 Å². The third-order valence-corrected chi connectivity index (χ3v) is 5.34. The Morgan fingerprint density at radius 3 is 2.46 bits per heavy atom. The van der Waals surface area contributed by atoms with E-state index in [1.165, 1.54) is 0 Å². The fourth-order valence-corrected chi connectivity index (χ4v) is 4.13. The molecule has 1 aliphatic rings. The third-order valence-electron chi connectivity index (χ3n) is 2.81. The van der Waals surface area contributed by atoms with E-state index in [-0.39, 0.29) is 6.17 Å². The van der Waals surface area contributed by atoms with E-state index >= 15 is 0 Å². The van der Waals surface area contributed by atoms with Gasteiger partial charge in [0.15, 0.2) is 0 Å². The van der Waals surface area contributed by atoms with E-state index in [4.69, 9.17) is 5.73 Å². The smallest absolute Gasteiger partial charge is 0.0655 e. The molecule has 2 atom stereocenters. The summed E-state index contributed by atoms with van der Waals surface area (Å²) in [6.07, 6.45) is 0.207. The van der Waals surface area contributed by atoms with Crippen LogP contribution in [0.2, 0.25) is 19.6 Å². The molecule has 0 aromatic heterocycles. The van der Waals surface area contributed by atoms with Crippen LogP contribution in [0.1, 0.15) is 6.92 Å². The van der Waals surface area contributed by atoms with Gasteiger partial charge in [-0.3, -0.25) is 4.90 Å². The van der Waals surface area contributed by atoms with Gasteiger partial charge in [-0.1, -0.05) is 19.6 Å². The second-order valence-electron chi connectivity index (χ2n) is 5.06. The Morgan fingerprint density at radius 1 is 1.46 bits per heavy atom. The number of nitrogens with zero attached hydrogens (tertiary/aromatic N) is 1. The summed E-state index contributed by atoms with van der Waals surface area (Å²) in [5, 5.41) is 3.46. The summed E-state index contributed by atoms with van der Waals surface area (Å²) >= 11 is 0. The summed E-state index contributed by atoms with van der Waals surface area (Å²) < 4.78 is 0. The average molecular weight is 201 g/mol. The van der Waals surface area contributed by atoms with Crippen LogP contribution in [-0.2, 0) is 0 Å². The van der Waals surface area contributed by atoms with Crippen molar-refractivity contribution in [3.63, 3.8) is 0 Å². The second-order valence-corrected chi connectivity index (χ2v) is 10.5. The van der Waals surface area contributed by atoms with Crippen molar-refractivity contribution in [3.8, 4) is 0 Å². The molecule has 1 aliphatic heterocycles. The van der Waals surface area contributed by atoms with Gasteiger partial charge in [-0.25, -0.2) is 0 Å². The van der Waals surface area contributed by atoms with Crippen molar-refractivity contribution in [1.29, 1.82) is 0 Å². The first-order valence-corrected chi connectivity index (χ1v) is 8.72. The number of piperazine rings is 1. The van der Waals surface area contributed by atoms with Crippen molar-refractivity contribution in [1.82, 2.24) is 10.2 Å². The monoisotopic (exact) mass is 201 g/mol. The first kappa shape index (κ1) is 11.2. The van der Waals surface area contributed by atoms with Crippen LogP contribution >= 0.6 is 0 Å². The Kier molecular flexibility index (Phi) is 3.51. The maximum atomic E-state index is 5.97. The SMILES string of the molecule is CC(N)N1CCNCC1[Si](C)(C)C.